The summed E-state index contributed by atoms with van der Waals surface area (Å²) in [6.45, 7) is 0. The van der Waals surface area contributed by atoms with Crippen molar-refractivity contribution in [1.82, 2.24) is 0 Å². The molecule has 9 nitrogen and oxygen atoms in total. The maximum Gasteiger partial charge on any atom is 0.295 e. The highest BCUT2D eigenvalue weighted by atomic mass is 32.2. The van der Waals surface area contributed by atoms with E-state index >= 15 is 0 Å². The van der Waals surface area contributed by atoms with Crippen molar-refractivity contribution in [3.05, 3.63) is 100 Å². The largest absolute Gasteiger partial charge is 0.397 e. The van der Waals surface area contributed by atoms with Crippen molar-refractivity contribution in [2.24, 2.45) is 10.2 Å². The van der Waals surface area contributed by atoms with Gasteiger partial charge in [0.1, 0.15) is 10.6 Å². The highest BCUT2D eigenvalue weighted by molar-refractivity contribution is 7.86. The van der Waals surface area contributed by atoms with E-state index in [2.05, 4.69) is 10.2 Å². The number of azo groups is 1. The second-order valence-electron chi connectivity index (χ2n) is 7.30. The number of fused-ring (bicyclic) bond motifs is 1. The fourth-order valence-corrected chi connectivity index (χ4v) is 4.03. The molecule has 34 heavy (non-hydrogen) atoms. The van der Waals surface area contributed by atoms with Crippen LogP contribution in [0, 0.1) is 10.1 Å². The molecule has 0 unspecified atom stereocenters. The van der Waals surface area contributed by atoms with Crippen molar-refractivity contribution < 1.29 is 17.9 Å². The summed E-state index contributed by atoms with van der Waals surface area (Å²) in [6, 6.07) is 21.6. The molecule has 0 atom stereocenters. The Morgan fingerprint density at radius 3 is 2.35 bits per heavy atom. The van der Waals surface area contributed by atoms with Crippen molar-refractivity contribution >= 4 is 55.8 Å². The Kier molecular flexibility index (Phi) is 6.17. The Bertz CT molecular complexity index is 1560. The number of hydrogen-bond donors (Lipinski definition) is 2. The molecule has 0 spiro atoms. The van der Waals surface area contributed by atoms with Crippen LogP contribution in [-0.4, -0.2) is 17.9 Å². The van der Waals surface area contributed by atoms with Gasteiger partial charge in [0, 0.05) is 17.5 Å². The molecule has 0 aliphatic heterocycles. The van der Waals surface area contributed by atoms with Crippen molar-refractivity contribution in [1.29, 1.82) is 0 Å². The average Bonchev–Trinajstić information content (AvgIpc) is 2.82. The molecule has 0 aliphatic carbocycles. The van der Waals surface area contributed by atoms with Crippen LogP contribution in [0.5, 0.6) is 0 Å². The minimum absolute atomic E-state index is 0.114. The Morgan fingerprint density at radius 1 is 0.912 bits per heavy atom. The summed E-state index contributed by atoms with van der Waals surface area (Å²) in [5.74, 6) is 0. The average molecular weight is 474 g/mol. The third-order valence-electron chi connectivity index (χ3n) is 5.03. The van der Waals surface area contributed by atoms with Gasteiger partial charge in [0.05, 0.1) is 16.3 Å². The lowest BCUT2D eigenvalue weighted by atomic mass is 10.1. The zero-order valence-electron chi connectivity index (χ0n) is 17.6. The van der Waals surface area contributed by atoms with Crippen LogP contribution in [0.25, 0.3) is 22.9 Å². The molecule has 0 amide bonds. The number of nitrogens with zero attached hydrogens (tertiary/aromatic N) is 3. The monoisotopic (exact) mass is 474 g/mol. The predicted molar refractivity (Wildman–Crippen MR) is 131 cm³/mol. The van der Waals surface area contributed by atoms with Crippen LogP contribution in [0.4, 0.5) is 22.7 Å². The molecule has 0 heterocycles. The second-order valence-corrected chi connectivity index (χ2v) is 8.69. The second kappa shape index (κ2) is 9.22. The first-order chi connectivity index (χ1) is 16.2. The van der Waals surface area contributed by atoms with Crippen LogP contribution in [0.15, 0.2) is 94.0 Å². The molecule has 0 radical (unpaired) electrons. The van der Waals surface area contributed by atoms with Crippen molar-refractivity contribution in [3.63, 3.8) is 0 Å². The maximum atomic E-state index is 11.6. The van der Waals surface area contributed by atoms with E-state index in [1.807, 2.05) is 30.3 Å². The number of benzene rings is 4. The van der Waals surface area contributed by atoms with Crippen LogP contribution < -0.4 is 5.73 Å². The Hall–Kier alpha value is -4.41. The number of non-ortho nitro benzene ring substituents is 1. The van der Waals surface area contributed by atoms with Gasteiger partial charge in [-0.3, -0.25) is 14.7 Å². The van der Waals surface area contributed by atoms with Gasteiger partial charge in [-0.25, -0.2) is 0 Å². The Balaban J connectivity index is 1.58. The van der Waals surface area contributed by atoms with E-state index in [9.17, 15) is 23.1 Å². The summed E-state index contributed by atoms with van der Waals surface area (Å²) in [5, 5.41) is 21.4. The van der Waals surface area contributed by atoms with E-state index in [0.717, 1.165) is 22.9 Å². The number of hydrogen-bond acceptors (Lipinski definition) is 7. The standard InChI is InChI=1S/C24H18N4O5S/c25-22-14-10-17-3-1-2-4-21(17)24(22)27-26-19-11-6-16(7-12-19)5-8-18-9-13-20(28(29)30)15-23(18)34(31,32)33/h1-15H,25H2,(H,31,32,33)/b8-5+,27-26?. The van der Waals surface area contributed by atoms with Gasteiger partial charge < -0.3 is 5.73 Å². The number of nitro benzene ring substituents is 1. The molecule has 0 bridgehead atoms. The first-order valence-corrected chi connectivity index (χ1v) is 11.4. The van der Waals surface area contributed by atoms with Gasteiger partial charge in [0.2, 0.25) is 0 Å². The van der Waals surface area contributed by atoms with Crippen LogP contribution >= 0.6 is 0 Å². The molecular formula is C24H18N4O5S. The molecule has 0 aromatic heterocycles. The highest BCUT2D eigenvalue weighted by Gasteiger charge is 2.18. The zero-order chi connectivity index (χ0) is 24.3. The van der Waals surface area contributed by atoms with Gasteiger partial charge >= 0.3 is 0 Å². The molecule has 0 aliphatic rings. The molecule has 0 saturated heterocycles. The molecular weight excluding hydrogens is 456 g/mol. The highest BCUT2D eigenvalue weighted by Crippen LogP contribution is 2.33. The van der Waals surface area contributed by atoms with E-state index in [1.54, 1.807) is 36.4 Å². The molecule has 4 aromatic rings. The minimum atomic E-state index is -4.65. The fourth-order valence-electron chi connectivity index (χ4n) is 3.33. The molecule has 4 aromatic carbocycles. The number of nitrogens with two attached hydrogens (primary N) is 1. The van der Waals surface area contributed by atoms with Gasteiger partial charge in [-0.1, -0.05) is 54.6 Å². The summed E-state index contributed by atoms with van der Waals surface area (Å²) in [7, 11) is -4.65. The topological polar surface area (TPSA) is 148 Å². The van der Waals surface area contributed by atoms with Crippen LogP contribution in [0.1, 0.15) is 11.1 Å². The smallest absolute Gasteiger partial charge is 0.295 e. The van der Waals surface area contributed by atoms with Gasteiger partial charge in [0.25, 0.3) is 15.8 Å². The summed E-state index contributed by atoms with van der Waals surface area (Å²) in [5.41, 5.74) is 8.14. The van der Waals surface area contributed by atoms with Gasteiger partial charge in [-0.05, 0) is 40.8 Å². The fraction of sp³-hybridized carbons (Fsp3) is 0. The van der Waals surface area contributed by atoms with E-state index in [1.165, 1.54) is 12.1 Å². The SMILES string of the molecule is Nc1ccc2ccccc2c1N=Nc1ccc(/C=C/c2ccc([N+](=O)[O-])cc2S(=O)(=O)O)cc1. The van der Waals surface area contributed by atoms with Crippen molar-refractivity contribution in [2.75, 3.05) is 5.73 Å². The molecule has 170 valence electrons. The quantitative estimate of drug-likeness (QED) is 0.0853. The van der Waals surface area contributed by atoms with E-state index in [4.69, 9.17) is 5.73 Å². The van der Waals surface area contributed by atoms with E-state index in [-0.39, 0.29) is 5.56 Å². The van der Waals surface area contributed by atoms with Crippen LogP contribution in [0.3, 0.4) is 0 Å². The van der Waals surface area contributed by atoms with Gasteiger partial charge in [0.15, 0.2) is 0 Å². The molecule has 0 saturated carbocycles. The normalized spacial score (nSPS) is 12.0. The van der Waals surface area contributed by atoms with Crippen molar-refractivity contribution in [2.45, 2.75) is 4.90 Å². The van der Waals surface area contributed by atoms with Gasteiger partial charge in [-0.2, -0.15) is 13.5 Å². The summed E-state index contributed by atoms with van der Waals surface area (Å²) in [4.78, 5) is 9.64. The lowest BCUT2D eigenvalue weighted by Crippen LogP contribution is -2.02. The summed E-state index contributed by atoms with van der Waals surface area (Å²) >= 11 is 0. The number of nitrogen functional groups attached to an aromatic ring is 1. The molecule has 10 heteroatoms. The number of rotatable bonds is 6. The van der Waals surface area contributed by atoms with E-state index in [0.29, 0.717) is 22.6 Å². The van der Waals surface area contributed by atoms with Crippen LogP contribution in [0.2, 0.25) is 0 Å². The zero-order valence-corrected chi connectivity index (χ0v) is 18.4. The minimum Gasteiger partial charge on any atom is -0.397 e. The lowest BCUT2D eigenvalue weighted by molar-refractivity contribution is -0.385. The Labute approximate surface area is 194 Å². The van der Waals surface area contributed by atoms with E-state index < -0.39 is 25.6 Å². The summed E-state index contributed by atoms with van der Waals surface area (Å²) < 4.78 is 32.7. The summed E-state index contributed by atoms with van der Waals surface area (Å²) in [6.07, 6.45) is 3.06. The van der Waals surface area contributed by atoms with Crippen LogP contribution in [-0.2, 0) is 10.1 Å². The first kappa shape index (κ1) is 22.8. The number of anilines is 1. The Morgan fingerprint density at radius 2 is 1.65 bits per heavy atom. The van der Waals surface area contributed by atoms with Gasteiger partial charge in [-0.15, -0.1) is 5.11 Å². The lowest BCUT2D eigenvalue weighted by Gasteiger charge is -2.04. The third-order valence-corrected chi connectivity index (χ3v) is 5.94. The third kappa shape index (κ3) is 4.98. The number of nitro groups is 1. The first-order valence-electron chi connectivity index (χ1n) is 9.95. The molecule has 3 N–H and O–H groups in total. The maximum absolute atomic E-state index is 11.6. The molecule has 4 rings (SSSR count). The van der Waals surface area contributed by atoms with Crippen molar-refractivity contribution in [3.8, 4) is 0 Å². The molecule has 0 fully saturated rings. The predicted octanol–water partition coefficient (Wildman–Crippen LogP) is 6.16.